The summed E-state index contributed by atoms with van der Waals surface area (Å²) < 4.78 is 2.13. The zero-order chi connectivity index (χ0) is 13.1. The Kier molecular flexibility index (Phi) is 3.14. The molecule has 0 saturated heterocycles. The van der Waals surface area contributed by atoms with E-state index in [4.69, 9.17) is 0 Å². The van der Waals surface area contributed by atoms with Crippen molar-refractivity contribution in [3.05, 3.63) is 54.7 Å². The van der Waals surface area contributed by atoms with E-state index in [1.807, 2.05) is 30.7 Å². The number of aromatic nitrogens is 3. The van der Waals surface area contributed by atoms with Gasteiger partial charge in [0.25, 0.3) is 0 Å². The molecule has 3 rings (SSSR count). The van der Waals surface area contributed by atoms with Crippen molar-refractivity contribution in [2.45, 2.75) is 20.0 Å². The molecule has 96 valence electrons. The van der Waals surface area contributed by atoms with Crippen LogP contribution < -0.4 is 5.32 Å². The first-order chi connectivity index (χ1) is 9.36. The van der Waals surface area contributed by atoms with Gasteiger partial charge in [-0.25, -0.2) is 4.98 Å². The summed E-state index contributed by atoms with van der Waals surface area (Å²) in [6, 6.07) is 10.2. The van der Waals surface area contributed by atoms with Crippen molar-refractivity contribution in [1.82, 2.24) is 14.5 Å². The topological polar surface area (TPSA) is 42.7 Å². The van der Waals surface area contributed by atoms with E-state index in [1.165, 1.54) is 0 Å². The van der Waals surface area contributed by atoms with Crippen molar-refractivity contribution in [3.63, 3.8) is 0 Å². The molecule has 0 amide bonds. The van der Waals surface area contributed by atoms with Crippen molar-refractivity contribution in [2.24, 2.45) is 0 Å². The molecule has 0 saturated carbocycles. The molecule has 0 unspecified atom stereocenters. The molecule has 19 heavy (non-hydrogen) atoms. The van der Waals surface area contributed by atoms with Gasteiger partial charge in [-0.05, 0) is 31.2 Å². The number of nitrogens with zero attached hydrogens (tertiary/aromatic N) is 3. The minimum absolute atomic E-state index is 0.729. The van der Waals surface area contributed by atoms with Crippen molar-refractivity contribution >= 4 is 16.6 Å². The number of benzene rings is 1. The predicted octanol–water partition coefficient (Wildman–Crippen LogP) is 3.06. The van der Waals surface area contributed by atoms with Crippen LogP contribution in [0.15, 0.2) is 48.9 Å². The van der Waals surface area contributed by atoms with E-state index < -0.39 is 0 Å². The van der Waals surface area contributed by atoms with Crippen LogP contribution in [0.1, 0.15) is 12.7 Å². The fraction of sp³-hybridized carbons (Fsp3) is 0.200. The molecule has 2 aromatic heterocycles. The number of rotatable bonds is 4. The Hall–Kier alpha value is -2.36. The van der Waals surface area contributed by atoms with Crippen molar-refractivity contribution in [2.75, 3.05) is 5.32 Å². The van der Waals surface area contributed by atoms with Crippen molar-refractivity contribution in [1.29, 1.82) is 0 Å². The molecular formula is C15H16N4. The van der Waals surface area contributed by atoms with Crippen LogP contribution in [0.3, 0.4) is 0 Å². The number of anilines is 1. The van der Waals surface area contributed by atoms with Crippen LogP contribution in [0.4, 0.5) is 5.69 Å². The van der Waals surface area contributed by atoms with Crippen LogP contribution in [0.2, 0.25) is 0 Å². The summed E-state index contributed by atoms with van der Waals surface area (Å²) >= 11 is 0. The number of imidazole rings is 1. The lowest BCUT2D eigenvalue weighted by molar-refractivity contribution is 0.708. The minimum Gasteiger partial charge on any atom is -0.378 e. The van der Waals surface area contributed by atoms with E-state index in [0.717, 1.165) is 35.5 Å². The normalized spacial score (nSPS) is 10.8. The lowest BCUT2D eigenvalue weighted by Crippen LogP contribution is -2.07. The van der Waals surface area contributed by atoms with E-state index in [2.05, 4.69) is 45.0 Å². The standard InChI is InChI=1S/C15H16N4/c1-2-19-9-8-17-15(19)11-18-13-5-6-14-12(10-13)4-3-7-16-14/h3-10,18H,2,11H2,1H3. The molecule has 4 heteroatoms. The summed E-state index contributed by atoms with van der Waals surface area (Å²) in [5, 5.41) is 4.55. The Morgan fingerprint density at radius 2 is 2.11 bits per heavy atom. The van der Waals surface area contributed by atoms with E-state index >= 15 is 0 Å². The molecule has 0 atom stereocenters. The molecule has 4 nitrogen and oxygen atoms in total. The maximum atomic E-state index is 4.35. The lowest BCUT2D eigenvalue weighted by atomic mass is 10.2. The number of hydrogen-bond donors (Lipinski definition) is 1. The summed E-state index contributed by atoms with van der Waals surface area (Å²) in [6.07, 6.45) is 5.65. The monoisotopic (exact) mass is 252 g/mol. The van der Waals surface area contributed by atoms with Crippen molar-refractivity contribution in [3.8, 4) is 0 Å². The van der Waals surface area contributed by atoms with Crippen LogP contribution >= 0.6 is 0 Å². The highest BCUT2D eigenvalue weighted by Gasteiger charge is 2.01. The maximum Gasteiger partial charge on any atom is 0.128 e. The quantitative estimate of drug-likeness (QED) is 0.776. The average molecular weight is 252 g/mol. The van der Waals surface area contributed by atoms with E-state index in [1.54, 1.807) is 0 Å². The van der Waals surface area contributed by atoms with Gasteiger partial charge >= 0.3 is 0 Å². The zero-order valence-corrected chi connectivity index (χ0v) is 10.9. The molecule has 0 spiro atoms. The zero-order valence-electron chi connectivity index (χ0n) is 10.9. The Morgan fingerprint density at radius 3 is 3.00 bits per heavy atom. The van der Waals surface area contributed by atoms with Gasteiger partial charge in [0, 0.05) is 36.2 Å². The molecule has 3 aromatic rings. The first-order valence-electron chi connectivity index (χ1n) is 6.45. The second kappa shape index (κ2) is 5.10. The van der Waals surface area contributed by atoms with Gasteiger partial charge in [-0.1, -0.05) is 6.07 Å². The summed E-state index contributed by atoms with van der Waals surface area (Å²) in [6.45, 7) is 3.79. The fourth-order valence-electron chi connectivity index (χ4n) is 2.16. The summed E-state index contributed by atoms with van der Waals surface area (Å²) in [5.74, 6) is 1.05. The molecular weight excluding hydrogens is 236 g/mol. The maximum absolute atomic E-state index is 4.35. The molecule has 0 bridgehead atoms. The van der Waals surface area contributed by atoms with Gasteiger partial charge in [0.05, 0.1) is 12.1 Å². The van der Waals surface area contributed by atoms with E-state index in [0.29, 0.717) is 0 Å². The lowest BCUT2D eigenvalue weighted by Gasteiger charge is -2.08. The average Bonchev–Trinajstić information content (AvgIpc) is 2.92. The second-order valence-electron chi connectivity index (χ2n) is 4.39. The van der Waals surface area contributed by atoms with Gasteiger partial charge in [0.1, 0.15) is 5.82 Å². The second-order valence-corrected chi connectivity index (χ2v) is 4.39. The smallest absolute Gasteiger partial charge is 0.128 e. The molecule has 1 aromatic carbocycles. The Balaban J connectivity index is 1.78. The number of fused-ring (bicyclic) bond motifs is 1. The summed E-state index contributed by atoms with van der Waals surface area (Å²) in [4.78, 5) is 8.67. The first-order valence-corrected chi connectivity index (χ1v) is 6.45. The number of nitrogens with one attached hydrogen (secondary N) is 1. The third-order valence-electron chi connectivity index (χ3n) is 3.20. The highest BCUT2D eigenvalue weighted by molar-refractivity contribution is 5.82. The van der Waals surface area contributed by atoms with Crippen LogP contribution in [0.5, 0.6) is 0 Å². The summed E-state index contributed by atoms with van der Waals surface area (Å²) in [7, 11) is 0. The Morgan fingerprint density at radius 1 is 1.16 bits per heavy atom. The molecule has 0 aliphatic carbocycles. The van der Waals surface area contributed by atoms with Crippen LogP contribution in [0.25, 0.3) is 10.9 Å². The van der Waals surface area contributed by atoms with Crippen LogP contribution in [0, 0.1) is 0 Å². The highest BCUT2D eigenvalue weighted by atomic mass is 15.1. The van der Waals surface area contributed by atoms with E-state index in [9.17, 15) is 0 Å². The molecule has 0 radical (unpaired) electrons. The Bertz CT molecular complexity index is 687. The third kappa shape index (κ3) is 2.42. The van der Waals surface area contributed by atoms with Crippen molar-refractivity contribution < 1.29 is 0 Å². The molecule has 0 fully saturated rings. The van der Waals surface area contributed by atoms with Gasteiger partial charge in [0.15, 0.2) is 0 Å². The highest BCUT2D eigenvalue weighted by Crippen LogP contribution is 2.17. The van der Waals surface area contributed by atoms with Gasteiger partial charge in [-0.15, -0.1) is 0 Å². The minimum atomic E-state index is 0.729. The fourth-order valence-corrected chi connectivity index (χ4v) is 2.16. The molecule has 0 aliphatic rings. The largest absolute Gasteiger partial charge is 0.378 e. The van der Waals surface area contributed by atoms with Crippen LogP contribution in [-0.2, 0) is 13.1 Å². The van der Waals surface area contributed by atoms with E-state index in [-0.39, 0.29) is 0 Å². The first kappa shape index (κ1) is 11.7. The Labute approximate surface area is 112 Å². The number of hydrogen-bond acceptors (Lipinski definition) is 3. The van der Waals surface area contributed by atoms with Gasteiger partial charge in [-0.3, -0.25) is 4.98 Å². The van der Waals surface area contributed by atoms with Crippen LogP contribution in [-0.4, -0.2) is 14.5 Å². The molecule has 2 heterocycles. The number of pyridine rings is 1. The van der Waals surface area contributed by atoms with Gasteiger partial charge in [0.2, 0.25) is 0 Å². The number of aryl methyl sites for hydroxylation is 1. The third-order valence-corrected chi connectivity index (χ3v) is 3.20. The van der Waals surface area contributed by atoms with Gasteiger partial charge in [-0.2, -0.15) is 0 Å². The predicted molar refractivity (Wildman–Crippen MR) is 77.0 cm³/mol. The molecule has 1 N–H and O–H groups in total. The molecule has 0 aliphatic heterocycles. The summed E-state index contributed by atoms with van der Waals surface area (Å²) in [5.41, 5.74) is 2.11. The van der Waals surface area contributed by atoms with Gasteiger partial charge < -0.3 is 9.88 Å². The SMILES string of the molecule is CCn1ccnc1CNc1ccc2ncccc2c1.